The van der Waals surface area contributed by atoms with Gasteiger partial charge >= 0.3 is 0 Å². The highest BCUT2D eigenvalue weighted by atomic mass is 35.5. The van der Waals surface area contributed by atoms with Gasteiger partial charge in [-0.15, -0.1) is 0 Å². The molecule has 188 valence electrons. The number of aromatic nitrogens is 1. The highest BCUT2D eigenvalue weighted by molar-refractivity contribution is 6.31. The molecule has 0 radical (unpaired) electrons. The first-order valence-electron chi connectivity index (χ1n) is 11.2. The minimum absolute atomic E-state index is 0.0152. The lowest BCUT2D eigenvalue weighted by molar-refractivity contribution is -0.153. The molecule has 12 heteroatoms. The average molecular weight is 507 g/mol. The number of hydrogen-bond acceptors (Lipinski definition) is 10. The molecule has 7 N–H and O–H groups in total. The predicted octanol–water partition coefficient (Wildman–Crippen LogP) is 0.834. The summed E-state index contributed by atoms with van der Waals surface area (Å²) in [6.07, 6.45) is 0.790. The minimum Gasteiger partial charge on any atom is -0.508 e. The van der Waals surface area contributed by atoms with E-state index in [0.717, 1.165) is 6.42 Å². The zero-order valence-electron chi connectivity index (χ0n) is 19.4. The molecular weight excluding hydrogens is 480 g/mol. The van der Waals surface area contributed by atoms with Crippen molar-refractivity contribution in [3.63, 3.8) is 0 Å². The Hall–Kier alpha value is -3.15. The number of rotatable bonds is 5. The summed E-state index contributed by atoms with van der Waals surface area (Å²) in [7, 11) is 3.08. The van der Waals surface area contributed by atoms with Crippen molar-refractivity contribution >= 4 is 40.7 Å². The standard InChI is InChI=1S/C23H27ClN4O7/c1-4-5-26-22-17(31)12-9(20(24)27-22)6-8-7-10-14(28(2)3)16(30)13(21(25)34)19(33)23(10,35)18(32)11(8)15(12)29/h8,10,14,29,31,33,35H,4-7H2,1-3H3,(H2,25,34)(H,26,27)/t8-,10-,14-,23-/m0/s1. The molecule has 1 heterocycles. The van der Waals surface area contributed by atoms with Gasteiger partial charge in [0.1, 0.15) is 22.2 Å². The first kappa shape index (κ1) is 25.0. The number of nitrogens with two attached hydrogens (primary N) is 1. The molecule has 4 rings (SSSR count). The Labute approximate surface area is 205 Å². The molecule has 0 aromatic carbocycles. The number of hydrogen-bond donors (Lipinski definition) is 6. The molecule has 11 nitrogen and oxygen atoms in total. The van der Waals surface area contributed by atoms with Gasteiger partial charge in [0.2, 0.25) is 5.78 Å². The zero-order chi connectivity index (χ0) is 26.0. The van der Waals surface area contributed by atoms with Crippen LogP contribution in [0, 0.1) is 11.8 Å². The van der Waals surface area contributed by atoms with E-state index in [2.05, 4.69) is 10.3 Å². The summed E-state index contributed by atoms with van der Waals surface area (Å²) >= 11 is 6.38. The summed E-state index contributed by atoms with van der Waals surface area (Å²) in [5.74, 6) is -7.14. The van der Waals surface area contributed by atoms with Gasteiger partial charge in [-0.2, -0.15) is 0 Å². The fourth-order valence-corrected chi connectivity index (χ4v) is 5.78. The number of ketones is 2. The smallest absolute Gasteiger partial charge is 0.255 e. The average Bonchev–Trinajstić information content (AvgIpc) is 2.77. The second-order valence-electron chi connectivity index (χ2n) is 9.34. The maximum absolute atomic E-state index is 13.8. The summed E-state index contributed by atoms with van der Waals surface area (Å²) in [5, 5.41) is 47.3. The Morgan fingerprint density at radius 1 is 1.29 bits per heavy atom. The third-order valence-corrected chi connectivity index (χ3v) is 7.39. The molecule has 1 fully saturated rings. The first-order chi connectivity index (χ1) is 16.4. The van der Waals surface area contributed by atoms with Gasteiger partial charge in [-0.05, 0) is 39.3 Å². The number of aromatic hydroxyl groups is 1. The van der Waals surface area contributed by atoms with Gasteiger partial charge in [0.05, 0.1) is 11.6 Å². The normalized spacial score (nSPS) is 28.1. The number of anilines is 1. The van der Waals surface area contributed by atoms with Crippen molar-refractivity contribution in [2.75, 3.05) is 26.0 Å². The number of pyridine rings is 1. The van der Waals surface area contributed by atoms with Gasteiger partial charge in [0.25, 0.3) is 5.91 Å². The molecule has 3 aliphatic carbocycles. The third-order valence-electron chi connectivity index (χ3n) is 7.08. The molecule has 1 amide bonds. The van der Waals surface area contributed by atoms with Crippen molar-refractivity contribution in [3.05, 3.63) is 33.2 Å². The Kier molecular flexibility index (Phi) is 6.06. The monoisotopic (exact) mass is 506 g/mol. The molecule has 35 heavy (non-hydrogen) atoms. The number of nitrogens with one attached hydrogen (secondary N) is 1. The van der Waals surface area contributed by atoms with E-state index >= 15 is 0 Å². The zero-order valence-corrected chi connectivity index (χ0v) is 20.2. The van der Waals surface area contributed by atoms with Crippen LogP contribution in [0.1, 0.15) is 30.9 Å². The molecule has 1 saturated carbocycles. The number of carbonyl (C=O) groups excluding carboxylic acids is 3. The van der Waals surface area contributed by atoms with Crippen LogP contribution in [-0.4, -0.2) is 80.1 Å². The lowest BCUT2D eigenvalue weighted by atomic mass is 9.57. The summed E-state index contributed by atoms with van der Waals surface area (Å²) < 4.78 is 0. The van der Waals surface area contributed by atoms with E-state index in [4.69, 9.17) is 17.3 Å². The fraction of sp³-hybridized carbons (Fsp3) is 0.478. The van der Waals surface area contributed by atoms with Crippen LogP contribution in [0.25, 0.3) is 5.76 Å². The maximum Gasteiger partial charge on any atom is 0.255 e. The van der Waals surface area contributed by atoms with Crippen molar-refractivity contribution in [2.45, 2.75) is 37.8 Å². The van der Waals surface area contributed by atoms with Crippen LogP contribution in [0.5, 0.6) is 5.75 Å². The van der Waals surface area contributed by atoms with E-state index < -0.39 is 63.8 Å². The molecule has 3 aliphatic rings. The van der Waals surface area contributed by atoms with Gasteiger partial charge in [-0.25, -0.2) is 4.98 Å². The van der Waals surface area contributed by atoms with E-state index in [1.54, 1.807) is 0 Å². The van der Waals surface area contributed by atoms with Crippen LogP contribution in [0.15, 0.2) is 16.9 Å². The third kappa shape index (κ3) is 3.40. The lowest BCUT2D eigenvalue weighted by Crippen LogP contribution is -2.65. The molecular formula is C23H27ClN4O7. The van der Waals surface area contributed by atoms with Crippen molar-refractivity contribution in [1.82, 2.24) is 9.88 Å². The van der Waals surface area contributed by atoms with E-state index in [-0.39, 0.29) is 34.9 Å². The summed E-state index contributed by atoms with van der Waals surface area (Å²) in [4.78, 5) is 44.4. The van der Waals surface area contributed by atoms with Crippen LogP contribution >= 0.6 is 11.6 Å². The Bertz CT molecular complexity index is 1220. The van der Waals surface area contributed by atoms with Gasteiger partial charge in [0, 0.05) is 23.6 Å². The maximum atomic E-state index is 13.8. The second-order valence-corrected chi connectivity index (χ2v) is 9.70. The highest BCUT2D eigenvalue weighted by Crippen LogP contribution is 2.53. The summed E-state index contributed by atoms with van der Waals surface area (Å²) in [5.41, 5.74) is 1.76. The number of aliphatic hydroxyl groups excluding tert-OH is 2. The number of halogens is 1. The van der Waals surface area contributed by atoms with Gasteiger partial charge < -0.3 is 31.5 Å². The summed E-state index contributed by atoms with van der Waals surface area (Å²) in [6.45, 7) is 2.37. The van der Waals surface area contributed by atoms with E-state index in [1.165, 1.54) is 19.0 Å². The molecule has 1 aromatic rings. The number of fused-ring (bicyclic) bond motifs is 3. The number of primary amides is 1. The van der Waals surface area contributed by atoms with Crippen LogP contribution in [0.2, 0.25) is 5.15 Å². The Morgan fingerprint density at radius 2 is 1.94 bits per heavy atom. The van der Waals surface area contributed by atoms with E-state index in [9.17, 15) is 34.8 Å². The molecule has 0 spiro atoms. The predicted molar refractivity (Wildman–Crippen MR) is 126 cm³/mol. The van der Waals surface area contributed by atoms with Crippen molar-refractivity contribution in [3.8, 4) is 5.75 Å². The Balaban J connectivity index is 1.95. The number of amides is 1. The van der Waals surface area contributed by atoms with Crippen LogP contribution in [0.4, 0.5) is 5.82 Å². The molecule has 0 bridgehead atoms. The fourth-order valence-electron chi connectivity index (χ4n) is 5.52. The summed E-state index contributed by atoms with van der Waals surface area (Å²) in [6, 6.07) is -1.14. The van der Waals surface area contributed by atoms with E-state index in [1.807, 2.05) is 6.92 Å². The van der Waals surface area contributed by atoms with Crippen molar-refractivity contribution in [1.29, 1.82) is 0 Å². The number of aliphatic hydroxyl groups is 3. The SMILES string of the molecule is CCCNc1nc(Cl)c2c(c1O)C(O)=C1C(=O)[C@]3(O)C(O)=C(C(N)=O)C(=O)[C@@H](N(C)C)[C@@H]3C[C@@H]1C2. The van der Waals surface area contributed by atoms with Gasteiger partial charge in [-0.3, -0.25) is 19.3 Å². The molecule has 1 aromatic heterocycles. The van der Waals surface area contributed by atoms with Crippen molar-refractivity contribution in [2.24, 2.45) is 17.6 Å². The first-order valence-corrected chi connectivity index (χ1v) is 11.6. The number of Topliss-reactive ketones (excluding diaryl/α,β-unsaturated/α-hetero) is 2. The molecule has 0 unspecified atom stereocenters. The topological polar surface area (TPSA) is 186 Å². The number of likely N-dealkylation sites (N-methyl/N-ethyl adjacent to an activating group) is 1. The molecule has 4 atom stereocenters. The van der Waals surface area contributed by atoms with Crippen LogP contribution in [0.3, 0.4) is 0 Å². The molecule has 0 saturated heterocycles. The van der Waals surface area contributed by atoms with Gasteiger partial charge in [-0.1, -0.05) is 18.5 Å². The number of nitrogens with zero attached hydrogens (tertiary/aromatic N) is 2. The second kappa shape index (κ2) is 8.51. The molecule has 0 aliphatic heterocycles. The minimum atomic E-state index is -2.68. The van der Waals surface area contributed by atoms with Crippen LogP contribution < -0.4 is 11.1 Å². The lowest BCUT2D eigenvalue weighted by Gasteiger charge is -2.50. The highest BCUT2D eigenvalue weighted by Gasteiger charge is 2.64. The Morgan fingerprint density at radius 3 is 2.51 bits per heavy atom. The van der Waals surface area contributed by atoms with Crippen molar-refractivity contribution < 1.29 is 34.8 Å². The number of carbonyl (C=O) groups is 3. The van der Waals surface area contributed by atoms with Gasteiger partial charge in [0.15, 0.2) is 23.0 Å². The quantitative estimate of drug-likeness (QED) is 0.247. The van der Waals surface area contributed by atoms with E-state index in [0.29, 0.717) is 12.1 Å². The van der Waals surface area contributed by atoms with Crippen LogP contribution in [-0.2, 0) is 20.8 Å². The largest absolute Gasteiger partial charge is 0.508 e.